The highest BCUT2D eigenvalue weighted by molar-refractivity contribution is 5.26. The third-order valence-corrected chi connectivity index (χ3v) is 4.02. The van der Waals surface area contributed by atoms with E-state index in [9.17, 15) is 0 Å². The molecule has 3 rings (SSSR count). The summed E-state index contributed by atoms with van der Waals surface area (Å²) in [5.41, 5.74) is 10.9. The van der Waals surface area contributed by atoms with Crippen molar-refractivity contribution < 1.29 is 0 Å². The molecule has 1 atom stereocenters. The van der Waals surface area contributed by atoms with Gasteiger partial charge in [0.15, 0.2) is 0 Å². The minimum atomic E-state index is 0.625. The molecule has 1 aromatic carbocycles. The van der Waals surface area contributed by atoms with Gasteiger partial charge in [0.25, 0.3) is 0 Å². The molecule has 3 nitrogen and oxygen atoms in total. The van der Waals surface area contributed by atoms with Crippen molar-refractivity contribution in [3.63, 3.8) is 0 Å². The van der Waals surface area contributed by atoms with E-state index >= 15 is 0 Å². The second kappa shape index (κ2) is 5.17. The van der Waals surface area contributed by atoms with Crippen LogP contribution in [0.4, 0.5) is 0 Å². The van der Waals surface area contributed by atoms with Crippen LogP contribution in [-0.2, 0) is 19.3 Å². The average molecular weight is 255 g/mol. The fourth-order valence-corrected chi connectivity index (χ4v) is 2.80. The summed E-state index contributed by atoms with van der Waals surface area (Å²) in [7, 11) is 0. The molecule has 0 radical (unpaired) electrons. The molecule has 1 unspecified atom stereocenters. The highest BCUT2D eigenvalue weighted by Gasteiger charge is 2.20. The Morgan fingerprint density at radius 1 is 1.32 bits per heavy atom. The fraction of sp³-hybridized carbons (Fsp3) is 0.438. The van der Waals surface area contributed by atoms with E-state index in [4.69, 9.17) is 10.7 Å². The van der Waals surface area contributed by atoms with Crippen LogP contribution in [0.15, 0.2) is 24.3 Å². The summed E-state index contributed by atoms with van der Waals surface area (Å²) in [5.74, 6) is 1.71. The molecule has 0 saturated heterocycles. The molecule has 100 valence electrons. The largest absolute Gasteiger partial charge is 0.345 e. The SMILES string of the molecule is Cc1ccc(Cc2nc3c([nH]2)CC(CN)CC3)cc1. The second-order valence-electron chi connectivity index (χ2n) is 5.62. The maximum Gasteiger partial charge on any atom is 0.110 e. The number of benzene rings is 1. The fourth-order valence-electron chi connectivity index (χ4n) is 2.80. The number of rotatable bonds is 3. The van der Waals surface area contributed by atoms with E-state index in [1.165, 1.54) is 28.9 Å². The van der Waals surface area contributed by atoms with Gasteiger partial charge in [-0.05, 0) is 44.2 Å². The van der Waals surface area contributed by atoms with Gasteiger partial charge in [-0.3, -0.25) is 0 Å². The van der Waals surface area contributed by atoms with Gasteiger partial charge in [0.1, 0.15) is 5.82 Å². The number of nitrogens with one attached hydrogen (secondary N) is 1. The van der Waals surface area contributed by atoms with Gasteiger partial charge >= 0.3 is 0 Å². The molecule has 0 aliphatic heterocycles. The molecule has 0 amide bonds. The van der Waals surface area contributed by atoms with Crippen molar-refractivity contribution >= 4 is 0 Å². The predicted octanol–water partition coefficient (Wildman–Crippen LogP) is 2.37. The van der Waals surface area contributed by atoms with Gasteiger partial charge in [-0.2, -0.15) is 0 Å². The minimum absolute atomic E-state index is 0.625. The van der Waals surface area contributed by atoms with Crippen LogP contribution in [0.3, 0.4) is 0 Å². The first kappa shape index (κ1) is 12.4. The molecule has 1 aromatic heterocycles. The van der Waals surface area contributed by atoms with Gasteiger partial charge in [-0.25, -0.2) is 4.98 Å². The predicted molar refractivity (Wildman–Crippen MR) is 77.1 cm³/mol. The van der Waals surface area contributed by atoms with Gasteiger partial charge in [0.2, 0.25) is 0 Å². The summed E-state index contributed by atoms with van der Waals surface area (Å²) in [5, 5.41) is 0. The zero-order valence-electron chi connectivity index (χ0n) is 11.4. The Morgan fingerprint density at radius 2 is 2.11 bits per heavy atom. The number of H-pyrrole nitrogens is 1. The highest BCUT2D eigenvalue weighted by atomic mass is 14.9. The molecule has 0 spiro atoms. The number of nitrogens with zero attached hydrogens (tertiary/aromatic N) is 1. The summed E-state index contributed by atoms with van der Waals surface area (Å²) in [4.78, 5) is 8.24. The molecule has 1 aliphatic carbocycles. The number of aryl methyl sites for hydroxylation is 2. The molecular weight excluding hydrogens is 234 g/mol. The lowest BCUT2D eigenvalue weighted by atomic mass is 9.90. The number of hydrogen-bond acceptors (Lipinski definition) is 2. The summed E-state index contributed by atoms with van der Waals surface area (Å²) in [6.07, 6.45) is 4.20. The third kappa shape index (κ3) is 2.71. The Hall–Kier alpha value is -1.61. The van der Waals surface area contributed by atoms with Crippen molar-refractivity contribution in [2.45, 2.75) is 32.6 Å². The van der Waals surface area contributed by atoms with E-state index in [0.717, 1.165) is 31.6 Å². The molecule has 1 heterocycles. The molecule has 2 aromatic rings. The topological polar surface area (TPSA) is 54.7 Å². The Labute approximate surface area is 114 Å². The maximum atomic E-state index is 5.77. The van der Waals surface area contributed by atoms with Gasteiger partial charge in [0, 0.05) is 12.1 Å². The van der Waals surface area contributed by atoms with Crippen LogP contribution in [0, 0.1) is 12.8 Å². The van der Waals surface area contributed by atoms with Crippen LogP contribution >= 0.6 is 0 Å². The van der Waals surface area contributed by atoms with E-state index in [2.05, 4.69) is 36.2 Å². The lowest BCUT2D eigenvalue weighted by molar-refractivity contribution is 0.461. The molecule has 0 bridgehead atoms. The summed E-state index contributed by atoms with van der Waals surface area (Å²) in [6.45, 7) is 2.90. The number of aromatic nitrogens is 2. The summed E-state index contributed by atoms with van der Waals surface area (Å²) < 4.78 is 0. The van der Waals surface area contributed by atoms with Crippen LogP contribution in [0.25, 0.3) is 0 Å². The number of hydrogen-bond donors (Lipinski definition) is 2. The average Bonchev–Trinajstić information content (AvgIpc) is 2.82. The first-order valence-electron chi connectivity index (χ1n) is 7.07. The summed E-state index contributed by atoms with van der Waals surface area (Å²) >= 11 is 0. The van der Waals surface area contributed by atoms with Gasteiger partial charge < -0.3 is 10.7 Å². The number of aromatic amines is 1. The van der Waals surface area contributed by atoms with Gasteiger partial charge in [0.05, 0.1) is 5.69 Å². The lowest BCUT2D eigenvalue weighted by Gasteiger charge is -2.18. The van der Waals surface area contributed by atoms with Crippen molar-refractivity contribution in [1.29, 1.82) is 0 Å². The van der Waals surface area contributed by atoms with Crippen LogP contribution in [-0.4, -0.2) is 16.5 Å². The van der Waals surface area contributed by atoms with Crippen molar-refractivity contribution in [2.24, 2.45) is 11.7 Å². The maximum absolute atomic E-state index is 5.77. The quantitative estimate of drug-likeness (QED) is 0.884. The van der Waals surface area contributed by atoms with Crippen LogP contribution in [0.5, 0.6) is 0 Å². The van der Waals surface area contributed by atoms with Crippen molar-refractivity contribution in [2.75, 3.05) is 6.54 Å². The van der Waals surface area contributed by atoms with Crippen LogP contribution in [0.2, 0.25) is 0 Å². The minimum Gasteiger partial charge on any atom is -0.345 e. The zero-order chi connectivity index (χ0) is 13.2. The third-order valence-electron chi connectivity index (χ3n) is 4.02. The Kier molecular flexibility index (Phi) is 3.38. The van der Waals surface area contributed by atoms with E-state index in [1.807, 2.05) is 0 Å². The molecule has 3 heteroatoms. The summed E-state index contributed by atoms with van der Waals surface area (Å²) in [6, 6.07) is 8.67. The highest BCUT2D eigenvalue weighted by Crippen LogP contribution is 2.23. The monoisotopic (exact) mass is 255 g/mol. The molecule has 19 heavy (non-hydrogen) atoms. The molecular formula is C16H21N3. The first-order valence-corrected chi connectivity index (χ1v) is 7.07. The van der Waals surface area contributed by atoms with Crippen LogP contribution < -0.4 is 5.73 Å². The van der Waals surface area contributed by atoms with Gasteiger partial charge in [-0.1, -0.05) is 29.8 Å². The smallest absolute Gasteiger partial charge is 0.110 e. The lowest BCUT2D eigenvalue weighted by Crippen LogP contribution is -2.22. The van der Waals surface area contributed by atoms with Gasteiger partial charge in [-0.15, -0.1) is 0 Å². The van der Waals surface area contributed by atoms with E-state index < -0.39 is 0 Å². The standard InChI is InChI=1S/C16H21N3/c1-11-2-4-12(5-3-11)9-16-18-14-7-6-13(10-17)8-15(14)19-16/h2-5,13H,6-10,17H2,1H3,(H,18,19). The number of nitrogens with two attached hydrogens (primary N) is 1. The van der Waals surface area contributed by atoms with E-state index in [-0.39, 0.29) is 0 Å². The molecule has 0 fully saturated rings. The normalized spacial score (nSPS) is 18.3. The molecule has 0 saturated carbocycles. The van der Waals surface area contributed by atoms with Crippen molar-refractivity contribution in [3.8, 4) is 0 Å². The molecule has 3 N–H and O–H groups in total. The van der Waals surface area contributed by atoms with E-state index in [0.29, 0.717) is 5.92 Å². The number of fused-ring (bicyclic) bond motifs is 1. The second-order valence-corrected chi connectivity index (χ2v) is 5.62. The molecule has 1 aliphatic rings. The number of imidazole rings is 1. The van der Waals surface area contributed by atoms with Crippen molar-refractivity contribution in [3.05, 3.63) is 52.6 Å². The van der Waals surface area contributed by atoms with E-state index in [1.54, 1.807) is 0 Å². The Balaban J connectivity index is 1.76. The van der Waals surface area contributed by atoms with Crippen LogP contribution in [0.1, 0.15) is 34.8 Å². The first-order chi connectivity index (χ1) is 9.24. The zero-order valence-corrected chi connectivity index (χ0v) is 11.4. The Bertz CT molecular complexity index is 554. The van der Waals surface area contributed by atoms with Crippen molar-refractivity contribution in [1.82, 2.24) is 9.97 Å². The Morgan fingerprint density at radius 3 is 2.84 bits per heavy atom.